The molecule has 13 heavy (non-hydrogen) atoms. The molecule has 0 aliphatic rings. The van der Waals surface area contributed by atoms with Crippen LogP contribution in [0.2, 0.25) is 0 Å². The molecule has 0 fully saturated rings. The van der Waals surface area contributed by atoms with Crippen molar-refractivity contribution in [3.8, 4) is 0 Å². The van der Waals surface area contributed by atoms with Crippen molar-refractivity contribution in [2.75, 3.05) is 0 Å². The van der Waals surface area contributed by atoms with Gasteiger partial charge < -0.3 is 0 Å². The average Bonchev–Trinajstić information content (AvgIpc) is 2.53. The largest absolute Gasteiger partial charge is 0.300 e. The van der Waals surface area contributed by atoms with Gasteiger partial charge in [-0.1, -0.05) is 0 Å². The highest BCUT2D eigenvalue weighted by molar-refractivity contribution is 7.80. The van der Waals surface area contributed by atoms with Gasteiger partial charge in [-0.15, -0.1) is 12.6 Å². The second-order valence-corrected chi connectivity index (χ2v) is 2.80. The molecule has 2 aromatic rings. The van der Waals surface area contributed by atoms with Gasteiger partial charge in [-0.25, -0.2) is 4.63 Å². The number of thiol groups is 1. The topological polar surface area (TPSA) is 82.1 Å². The Morgan fingerprint density at radius 2 is 2.08 bits per heavy atom. The first-order valence-electron chi connectivity index (χ1n) is 3.29. The number of rotatable bonds is 1. The third-order valence-electron chi connectivity index (χ3n) is 1.57. The Morgan fingerprint density at radius 1 is 1.38 bits per heavy atom. The highest BCUT2D eigenvalue weighted by Crippen LogP contribution is 2.26. The van der Waals surface area contributed by atoms with Crippen LogP contribution in [-0.4, -0.2) is 15.2 Å². The van der Waals surface area contributed by atoms with E-state index in [4.69, 9.17) is 0 Å². The molecular formula is C6H3N3O3S. The van der Waals surface area contributed by atoms with Crippen molar-refractivity contribution in [2.24, 2.45) is 0 Å². The summed E-state index contributed by atoms with van der Waals surface area (Å²) in [6.07, 6.45) is 0. The molecular weight excluding hydrogens is 194 g/mol. The summed E-state index contributed by atoms with van der Waals surface area (Å²) in [6.45, 7) is 0. The van der Waals surface area contributed by atoms with Crippen LogP contribution >= 0.6 is 12.6 Å². The van der Waals surface area contributed by atoms with Crippen molar-refractivity contribution in [3.63, 3.8) is 0 Å². The molecule has 6 nitrogen and oxygen atoms in total. The van der Waals surface area contributed by atoms with Crippen molar-refractivity contribution in [1.29, 1.82) is 0 Å². The Hall–Kier alpha value is -1.63. The van der Waals surface area contributed by atoms with Gasteiger partial charge in [-0.3, -0.25) is 10.1 Å². The van der Waals surface area contributed by atoms with Crippen molar-refractivity contribution < 1.29 is 9.55 Å². The Balaban J connectivity index is 2.86. The minimum absolute atomic E-state index is 0.123. The first-order valence-corrected chi connectivity index (χ1v) is 3.73. The summed E-state index contributed by atoms with van der Waals surface area (Å²) in [6, 6.07) is 2.79. The monoisotopic (exact) mass is 197 g/mol. The van der Waals surface area contributed by atoms with Gasteiger partial charge in [0.05, 0.1) is 4.92 Å². The Labute approximate surface area is 77.1 Å². The minimum atomic E-state index is -0.542. The van der Waals surface area contributed by atoms with Crippen molar-refractivity contribution in [2.45, 2.75) is 4.90 Å². The Morgan fingerprint density at radius 3 is 2.77 bits per heavy atom. The van der Waals surface area contributed by atoms with Gasteiger partial charge in [0.1, 0.15) is 0 Å². The molecule has 0 bridgehead atoms. The molecule has 1 heterocycles. The van der Waals surface area contributed by atoms with Crippen LogP contribution in [0, 0.1) is 10.1 Å². The third kappa shape index (κ3) is 1.13. The van der Waals surface area contributed by atoms with E-state index in [9.17, 15) is 10.1 Å². The molecule has 0 spiro atoms. The molecule has 0 atom stereocenters. The average molecular weight is 197 g/mol. The molecule has 66 valence electrons. The van der Waals surface area contributed by atoms with E-state index in [-0.39, 0.29) is 11.2 Å². The predicted molar refractivity (Wildman–Crippen MR) is 45.7 cm³/mol. The number of fused-ring (bicyclic) bond motifs is 1. The quantitative estimate of drug-likeness (QED) is 0.424. The fourth-order valence-corrected chi connectivity index (χ4v) is 1.21. The van der Waals surface area contributed by atoms with Crippen molar-refractivity contribution >= 4 is 29.3 Å². The van der Waals surface area contributed by atoms with Crippen LogP contribution < -0.4 is 0 Å². The van der Waals surface area contributed by atoms with Gasteiger partial charge in [0.25, 0.3) is 0 Å². The zero-order valence-corrected chi connectivity index (χ0v) is 7.06. The Bertz CT molecular complexity index is 481. The molecule has 0 N–H and O–H groups in total. The predicted octanol–water partition coefficient (Wildman–Crippen LogP) is 1.42. The van der Waals surface area contributed by atoms with E-state index in [0.29, 0.717) is 10.4 Å². The minimum Gasteiger partial charge on any atom is -0.258 e. The molecule has 1 aromatic carbocycles. The first kappa shape index (κ1) is 7.99. The highest BCUT2D eigenvalue weighted by atomic mass is 32.1. The lowest BCUT2D eigenvalue weighted by molar-refractivity contribution is -0.383. The van der Waals surface area contributed by atoms with E-state index in [2.05, 4.69) is 27.6 Å². The number of nitro benzene ring substituents is 1. The van der Waals surface area contributed by atoms with Gasteiger partial charge >= 0.3 is 5.69 Å². The van der Waals surface area contributed by atoms with Crippen LogP contribution in [0.15, 0.2) is 21.7 Å². The van der Waals surface area contributed by atoms with E-state index in [1.54, 1.807) is 0 Å². The first-order chi connectivity index (χ1) is 6.20. The summed E-state index contributed by atoms with van der Waals surface area (Å²) in [4.78, 5) is 10.5. The van der Waals surface area contributed by atoms with Crippen molar-refractivity contribution in [1.82, 2.24) is 10.3 Å². The van der Waals surface area contributed by atoms with Crippen LogP contribution in [0.3, 0.4) is 0 Å². The summed E-state index contributed by atoms with van der Waals surface area (Å²) < 4.78 is 4.38. The van der Waals surface area contributed by atoms with Crippen LogP contribution in [-0.2, 0) is 0 Å². The van der Waals surface area contributed by atoms with E-state index in [1.807, 2.05) is 0 Å². The lowest BCUT2D eigenvalue weighted by Crippen LogP contribution is -1.89. The zero-order chi connectivity index (χ0) is 9.42. The smallest absolute Gasteiger partial charge is 0.258 e. The molecule has 2 rings (SSSR count). The lowest BCUT2D eigenvalue weighted by atomic mass is 10.3. The molecule has 0 saturated heterocycles. The van der Waals surface area contributed by atoms with Gasteiger partial charge in [-0.2, -0.15) is 0 Å². The number of benzene rings is 1. The van der Waals surface area contributed by atoms with Crippen molar-refractivity contribution in [3.05, 3.63) is 22.2 Å². The van der Waals surface area contributed by atoms with E-state index < -0.39 is 4.92 Å². The molecule has 1 aromatic heterocycles. The third-order valence-corrected chi connectivity index (χ3v) is 1.93. The van der Waals surface area contributed by atoms with E-state index in [0.717, 1.165) is 0 Å². The molecule has 0 amide bonds. The second-order valence-electron chi connectivity index (χ2n) is 2.32. The van der Waals surface area contributed by atoms with Gasteiger partial charge in [-0.05, 0) is 16.4 Å². The molecule has 0 unspecified atom stereocenters. The zero-order valence-electron chi connectivity index (χ0n) is 6.17. The highest BCUT2D eigenvalue weighted by Gasteiger charge is 2.17. The number of non-ortho nitro benzene ring substituents is 1. The lowest BCUT2D eigenvalue weighted by Gasteiger charge is -1.91. The number of nitrogens with zero attached hydrogens (tertiary/aromatic N) is 3. The van der Waals surface area contributed by atoms with Crippen LogP contribution in [0.1, 0.15) is 0 Å². The maximum Gasteiger partial charge on any atom is 0.300 e. The van der Waals surface area contributed by atoms with Crippen LogP contribution in [0.5, 0.6) is 0 Å². The molecule has 0 radical (unpaired) electrons. The standard InChI is InChI=1S/C6H3N3O3S/c10-9(11)3-1-2-4(13)6-5(3)7-12-8-6/h1-2,13H. The van der Waals surface area contributed by atoms with Crippen LogP contribution in [0.25, 0.3) is 11.0 Å². The van der Waals surface area contributed by atoms with Crippen LogP contribution in [0.4, 0.5) is 5.69 Å². The molecule has 0 aliphatic heterocycles. The molecule has 0 saturated carbocycles. The second kappa shape index (κ2) is 2.70. The summed E-state index contributed by atoms with van der Waals surface area (Å²) >= 11 is 4.05. The SMILES string of the molecule is O=[N+]([O-])c1ccc(S)c2nonc12. The number of hydrogen-bond acceptors (Lipinski definition) is 6. The fourth-order valence-electron chi connectivity index (χ4n) is 0.988. The Kier molecular flexibility index (Phi) is 1.66. The molecule has 0 aliphatic carbocycles. The summed E-state index contributed by atoms with van der Waals surface area (Å²) in [5.41, 5.74) is 0.295. The summed E-state index contributed by atoms with van der Waals surface area (Å²) in [5.74, 6) is 0. The maximum atomic E-state index is 10.5. The van der Waals surface area contributed by atoms with E-state index >= 15 is 0 Å². The number of aromatic nitrogens is 2. The molecule has 7 heteroatoms. The van der Waals surface area contributed by atoms with Gasteiger partial charge in [0.2, 0.25) is 5.52 Å². The number of nitro groups is 1. The number of hydrogen-bond donors (Lipinski definition) is 1. The van der Waals surface area contributed by atoms with Gasteiger partial charge in [0.15, 0.2) is 5.52 Å². The van der Waals surface area contributed by atoms with E-state index in [1.165, 1.54) is 12.1 Å². The summed E-state index contributed by atoms with van der Waals surface area (Å²) in [5, 5.41) is 17.4. The normalized spacial score (nSPS) is 10.5. The van der Waals surface area contributed by atoms with Gasteiger partial charge in [0, 0.05) is 11.0 Å². The summed E-state index contributed by atoms with van der Waals surface area (Å²) in [7, 11) is 0. The fraction of sp³-hybridized carbons (Fsp3) is 0. The maximum absolute atomic E-state index is 10.5.